The van der Waals surface area contributed by atoms with Crippen LogP contribution < -0.4 is 0 Å². The normalized spacial score (nSPS) is 34.8. The number of hydrogen-bond donors (Lipinski definition) is 2. The molecule has 0 saturated heterocycles. The molecule has 0 aromatic rings. The van der Waals surface area contributed by atoms with E-state index < -0.39 is 29.6 Å². The number of esters is 2. The van der Waals surface area contributed by atoms with E-state index in [9.17, 15) is 24.6 Å². The van der Waals surface area contributed by atoms with Crippen molar-refractivity contribution in [3.8, 4) is 0 Å². The van der Waals surface area contributed by atoms with Gasteiger partial charge in [-0.3, -0.25) is 9.59 Å². The van der Waals surface area contributed by atoms with Crippen molar-refractivity contribution in [2.24, 2.45) is 35.0 Å². The highest BCUT2D eigenvalue weighted by Crippen LogP contribution is 2.56. The molecule has 1 fully saturated rings. The Labute approximate surface area is 197 Å². The molecule has 0 bridgehead atoms. The van der Waals surface area contributed by atoms with Crippen LogP contribution in [-0.2, 0) is 23.9 Å². The lowest BCUT2D eigenvalue weighted by atomic mass is 9.49. The number of aliphatic hydroxyl groups is 2. The summed E-state index contributed by atoms with van der Waals surface area (Å²) in [5, 5.41) is 20.4. The Hall–Kier alpha value is -1.99. The zero-order valence-corrected chi connectivity index (χ0v) is 20.7. The first-order valence-electron chi connectivity index (χ1n) is 12.0. The van der Waals surface area contributed by atoms with Crippen LogP contribution in [-0.4, -0.2) is 53.9 Å². The van der Waals surface area contributed by atoms with Gasteiger partial charge >= 0.3 is 11.9 Å². The lowest BCUT2D eigenvalue weighted by Crippen LogP contribution is -2.59. The van der Waals surface area contributed by atoms with Gasteiger partial charge in [-0.1, -0.05) is 51.8 Å². The number of allylic oxidation sites excluding steroid dienone is 1. The first-order chi connectivity index (χ1) is 15.5. The van der Waals surface area contributed by atoms with Crippen LogP contribution in [0.1, 0.15) is 60.3 Å². The summed E-state index contributed by atoms with van der Waals surface area (Å²) in [5.74, 6) is -1.24. The second-order valence-electron chi connectivity index (χ2n) is 10.0. The predicted octanol–water partition coefficient (Wildman–Crippen LogP) is 3.23. The Morgan fingerprint density at radius 1 is 1.27 bits per heavy atom. The fourth-order valence-electron chi connectivity index (χ4n) is 6.05. The van der Waals surface area contributed by atoms with Crippen LogP contribution in [0.4, 0.5) is 0 Å². The molecule has 2 aliphatic rings. The molecule has 8 atom stereocenters. The van der Waals surface area contributed by atoms with Gasteiger partial charge in [-0.2, -0.15) is 0 Å². The van der Waals surface area contributed by atoms with E-state index in [4.69, 9.17) is 4.74 Å². The van der Waals surface area contributed by atoms with Crippen molar-refractivity contribution in [1.29, 1.82) is 0 Å². The van der Waals surface area contributed by atoms with Crippen LogP contribution in [0.3, 0.4) is 0 Å². The molecule has 0 unspecified atom stereocenters. The third-order valence-corrected chi connectivity index (χ3v) is 7.79. The van der Waals surface area contributed by atoms with Crippen LogP contribution >= 0.6 is 0 Å². The Morgan fingerprint density at radius 3 is 2.52 bits per heavy atom. The number of hydrogen-bond acceptors (Lipinski definition) is 7. The molecule has 186 valence electrons. The number of ether oxygens (including phenoxy) is 2. The Kier molecular flexibility index (Phi) is 9.44. The van der Waals surface area contributed by atoms with Crippen LogP contribution in [0.25, 0.3) is 0 Å². The van der Waals surface area contributed by atoms with Crippen molar-refractivity contribution in [1.82, 2.24) is 0 Å². The average molecular weight is 465 g/mol. The minimum atomic E-state index is -0.860. The molecule has 2 N–H and O–H groups in total. The first-order valence-corrected chi connectivity index (χ1v) is 12.0. The highest BCUT2D eigenvalue weighted by Gasteiger charge is 2.58. The molecule has 7 heteroatoms. The monoisotopic (exact) mass is 464 g/mol. The highest BCUT2D eigenvalue weighted by molar-refractivity contribution is 5.86. The molecule has 2 rings (SSSR count). The minimum Gasteiger partial charge on any atom is -0.469 e. The van der Waals surface area contributed by atoms with Gasteiger partial charge < -0.3 is 19.7 Å². The molecule has 0 aliphatic heterocycles. The van der Waals surface area contributed by atoms with Crippen molar-refractivity contribution in [2.75, 3.05) is 13.7 Å². The Morgan fingerprint density at radius 2 is 1.94 bits per heavy atom. The summed E-state index contributed by atoms with van der Waals surface area (Å²) in [4.78, 5) is 37.5. The lowest BCUT2D eigenvalue weighted by molar-refractivity contribution is -0.173. The first kappa shape index (κ1) is 27.3. The summed E-state index contributed by atoms with van der Waals surface area (Å²) in [7, 11) is 1.28. The molecule has 0 aromatic carbocycles. The summed E-state index contributed by atoms with van der Waals surface area (Å²) in [6, 6.07) is 0. The van der Waals surface area contributed by atoms with Crippen molar-refractivity contribution >= 4 is 17.7 Å². The van der Waals surface area contributed by atoms with E-state index in [2.05, 4.69) is 24.7 Å². The number of carbonyl (C=O) groups excluding carboxylic acids is 3. The predicted molar refractivity (Wildman–Crippen MR) is 124 cm³/mol. The molecule has 2 aliphatic carbocycles. The maximum atomic E-state index is 13.4. The SMILES string of the molecule is CC[C@@H](C)[C@H]1C=C[C@H]2[C@H](OC(=O)/C=C(\C)CC(=O)OC)[C@H](O)C[C@@H](C)[C@@H]2[C@@]1(C)C(=O)CCO. The summed E-state index contributed by atoms with van der Waals surface area (Å²) < 4.78 is 10.4. The van der Waals surface area contributed by atoms with E-state index in [1.807, 2.05) is 19.9 Å². The van der Waals surface area contributed by atoms with Crippen molar-refractivity contribution in [3.63, 3.8) is 0 Å². The van der Waals surface area contributed by atoms with E-state index in [0.29, 0.717) is 12.0 Å². The van der Waals surface area contributed by atoms with Gasteiger partial charge in [0.25, 0.3) is 0 Å². The van der Waals surface area contributed by atoms with Gasteiger partial charge in [-0.05, 0) is 37.0 Å². The fraction of sp³-hybridized carbons (Fsp3) is 0.731. The molecule has 0 amide bonds. The van der Waals surface area contributed by atoms with E-state index >= 15 is 0 Å². The van der Waals surface area contributed by atoms with Crippen molar-refractivity contribution in [3.05, 3.63) is 23.8 Å². The van der Waals surface area contributed by atoms with Gasteiger partial charge in [0, 0.05) is 30.4 Å². The van der Waals surface area contributed by atoms with Crippen molar-refractivity contribution in [2.45, 2.75) is 72.5 Å². The molecule has 0 radical (unpaired) electrons. The molecular formula is C26H40O7. The molecular weight excluding hydrogens is 424 g/mol. The number of Topliss-reactive ketones (excluding diaryl/α,β-unsaturated/α-hetero) is 1. The van der Waals surface area contributed by atoms with Gasteiger partial charge in [0.05, 0.1) is 19.6 Å². The third kappa shape index (κ3) is 5.75. The zero-order chi connectivity index (χ0) is 24.9. The quantitative estimate of drug-likeness (QED) is 0.306. The maximum absolute atomic E-state index is 13.4. The standard InChI is InChI=1S/C26H40O7/c1-7-16(3)19-9-8-18-24(26(19,5)21(29)10-11-27)17(4)14-20(28)25(18)33-23(31)13-15(2)12-22(30)32-6/h8-9,13,16-20,24-25,27-28H,7,10-12,14H2,1-6H3/b15-13+/t16-,17-,18-,19-,20-,24+,25+,26-/m1/s1. The van der Waals surface area contributed by atoms with Crippen LogP contribution in [0.5, 0.6) is 0 Å². The molecule has 1 saturated carbocycles. The number of methoxy groups -OCH3 is 1. The van der Waals surface area contributed by atoms with Crippen molar-refractivity contribution < 1.29 is 34.1 Å². The highest BCUT2D eigenvalue weighted by atomic mass is 16.6. The molecule has 33 heavy (non-hydrogen) atoms. The fourth-order valence-corrected chi connectivity index (χ4v) is 6.05. The van der Waals surface area contributed by atoms with Gasteiger partial charge in [0.1, 0.15) is 11.9 Å². The minimum absolute atomic E-state index is 0.000888. The van der Waals surface area contributed by atoms with Gasteiger partial charge in [-0.15, -0.1) is 0 Å². The van der Waals surface area contributed by atoms with Gasteiger partial charge in [0.2, 0.25) is 0 Å². The average Bonchev–Trinajstić information content (AvgIpc) is 2.75. The summed E-state index contributed by atoms with van der Waals surface area (Å²) >= 11 is 0. The number of ketones is 1. The van der Waals surface area contributed by atoms with E-state index in [0.717, 1.165) is 6.42 Å². The number of fused-ring (bicyclic) bond motifs is 1. The lowest BCUT2D eigenvalue weighted by Gasteiger charge is -2.55. The van der Waals surface area contributed by atoms with E-state index in [-0.39, 0.29) is 54.8 Å². The largest absolute Gasteiger partial charge is 0.469 e. The van der Waals surface area contributed by atoms with Crippen LogP contribution in [0, 0.1) is 35.0 Å². The Bertz CT molecular complexity index is 786. The van der Waals surface area contributed by atoms with Gasteiger partial charge in [-0.25, -0.2) is 4.79 Å². The molecule has 0 spiro atoms. The molecule has 0 heterocycles. The summed E-state index contributed by atoms with van der Waals surface area (Å²) in [6.07, 6.45) is 5.04. The molecule has 0 aromatic heterocycles. The summed E-state index contributed by atoms with van der Waals surface area (Å²) in [6.45, 7) is 9.69. The van der Waals surface area contributed by atoms with E-state index in [1.165, 1.54) is 13.2 Å². The number of carbonyl (C=O) groups is 3. The summed E-state index contributed by atoms with van der Waals surface area (Å²) in [5.41, 5.74) is -0.237. The smallest absolute Gasteiger partial charge is 0.331 e. The third-order valence-electron chi connectivity index (χ3n) is 7.79. The van der Waals surface area contributed by atoms with E-state index in [1.54, 1.807) is 6.92 Å². The second-order valence-corrected chi connectivity index (χ2v) is 10.0. The van der Waals surface area contributed by atoms with Crippen LogP contribution in [0.2, 0.25) is 0 Å². The van der Waals surface area contributed by atoms with Crippen LogP contribution in [0.15, 0.2) is 23.8 Å². The molecule has 7 nitrogen and oxygen atoms in total. The number of aliphatic hydroxyl groups excluding tert-OH is 2. The second kappa shape index (κ2) is 11.4. The maximum Gasteiger partial charge on any atom is 0.331 e. The Balaban J connectivity index is 2.40. The van der Waals surface area contributed by atoms with Gasteiger partial charge in [0.15, 0.2) is 0 Å². The zero-order valence-electron chi connectivity index (χ0n) is 20.7. The number of rotatable bonds is 9. The topological polar surface area (TPSA) is 110 Å².